The van der Waals surface area contributed by atoms with Crippen molar-refractivity contribution in [3.8, 4) is 0 Å². The van der Waals surface area contributed by atoms with Crippen LogP contribution in [-0.4, -0.2) is 23.5 Å². The predicted molar refractivity (Wildman–Crippen MR) is 86.1 cm³/mol. The van der Waals surface area contributed by atoms with Crippen molar-refractivity contribution in [1.82, 2.24) is 10.3 Å². The van der Waals surface area contributed by atoms with Gasteiger partial charge in [-0.3, -0.25) is 9.78 Å². The molecule has 0 saturated carbocycles. The molecule has 0 saturated heterocycles. The molecule has 4 nitrogen and oxygen atoms in total. The zero-order chi connectivity index (χ0) is 15.5. The molecule has 0 radical (unpaired) electrons. The Kier molecular flexibility index (Phi) is 4.58. The number of nitrogens with two attached hydrogens (primary N) is 1. The number of nitrogens with zero attached hydrogens (tertiary/aromatic N) is 1. The molecule has 1 amide bonds. The number of amides is 1. The van der Waals surface area contributed by atoms with Crippen LogP contribution in [0, 0.1) is 5.41 Å². The van der Waals surface area contributed by atoms with Crippen molar-refractivity contribution < 1.29 is 4.79 Å². The van der Waals surface area contributed by atoms with E-state index in [0.717, 1.165) is 17.3 Å². The Hall–Kier alpha value is -1.94. The molecule has 0 aliphatic heterocycles. The van der Waals surface area contributed by atoms with Crippen LogP contribution in [0.3, 0.4) is 0 Å². The Balaban J connectivity index is 2.06. The summed E-state index contributed by atoms with van der Waals surface area (Å²) >= 11 is 0. The summed E-state index contributed by atoms with van der Waals surface area (Å²) in [5.74, 6) is -0.0991. The van der Waals surface area contributed by atoms with Crippen molar-refractivity contribution in [1.29, 1.82) is 0 Å². The van der Waals surface area contributed by atoms with Crippen LogP contribution in [0.4, 0.5) is 0 Å². The second-order valence-electron chi connectivity index (χ2n) is 6.61. The quantitative estimate of drug-likeness (QED) is 0.907. The molecule has 21 heavy (non-hydrogen) atoms. The third-order valence-electron chi connectivity index (χ3n) is 3.29. The average Bonchev–Trinajstić information content (AvgIpc) is 2.42. The molecule has 1 aromatic heterocycles. The fourth-order valence-electron chi connectivity index (χ4n) is 2.47. The van der Waals surface area contributed by atoms with Crippen LogP contribution in [0.5, 0.6) is 0 Å². The number of pyridine rings is 1. The SMILES string of the molecule is CC(C)(C)CC(N)CNC(=O)c1ccnc2ccccc12. The van der Waals surface area contributed by atoms with Gasteiger partial charge in [-0.15, -0.1) is 0 Å². The summed E-state index contributed by atoms with van der Waals surface area (Å²) in [4.78, 5) is 16.6. The van der Waals surface area contributed by atoms with Crippen LogP contribution in [0.2, 0.25) is 0 Å². The number of hydrogen-bond donors (Lipinski definition) is 2. The highest BCUT2D eigenvalue weighted by molar-refractivity contribution is 6.05. The number of nitrogens with one attached hydrogen (secondary N) is 1. The normalized spacial score (nSPS) is 13.1. The topological polar surface area (TPSA) is 68.0 Å². The third kappa shape index (κ3) is 4.26. The van der Waals surface area contributed by atoms with Crippen molar-refractivity contribution in [3.05, 3.63) is 42.1 Å². The van der Waals surface area contributed by atoms with Gasteiger partial charge in [0.1, 0.15) is 0 Å². The molecule has 0 bridgehead atoms. The van der Waals surface area contributed by atoms with E-state index in [1.807, 2.05) is 24.3 Å². The number of benzene rings is 1. The maximum atomic E-state index is 12.3. The van der Waals surface area contributed by atoms with Crippen molar-refractivity contribution in [2.75, 3.05) is 6.54 Å². The minimum absolute atomic E-state index is 0.0398. The molecule has 112 valence electrons. The van der Waals surface area contributed by atoms with Crippen LogP contribution in [0.15, 0.2) is 36.5 Å². The zero-order valence-electron chi connectivity index (χ0n) is 12.9. The Morgan fingerprint density at radius 3 is 2.71 bits per heavy atom. The minimum atomic E-state index is -0.0991. The maximum absolute atomic E-state index is 12.3. The summed E-state index contributed by atoms with van der Waals surface area (Å²) in [6, 6.07) is 9.33. The molecule has 0 aliphatic carbocycles. The molecule has 1 aromatic carbocycles. The standard InChI is InChI=1S/C17H23N3O/c1-17(2,3)10-12(18)11-20-16(21)14-8-9-19-15-7-5-4-6-13(14)15/h4-9,12H,10-11,18H2,1-3H3,(H,20,21). The van der Waals surface area contributed by atoms with Gasteiger partial charge in [0.15, 0.2) is 0 Å². The minimum Gasteiger partial charge on any atom is -0.350 e. The Bertz CT molecular complexity index is 626. The molecule has 0 aliphatic rings. The van der Waals surface area contributed by atoms with Crippen LogP contribution in [-0.2, 0) is 0 Å². The third-order valence-corrected chi connectivity index (χ3v) is 3.29. The van der Waals surface area contributed by atoms with Crippen LogP contribution in [0.25, 0.3) is 10.9 Å². The molecule has 0 spiro atoms. The zero-order valence-corrected chi connectivity index (χ0v) is 12.9. The molecule has 2 aromatic rings. The Labute approximate surface area is 125 Å². The number of carbonyl (C=O) groups is 1. The van der Waals surface area contributed by atoms with Crippen molar-refractivity contribution in [2.24, 2.45) is 11.1 Å². The highest BCUT2D eigenvalue weighted by Gasteiger charge is 2.17. The molecular weight excluding hydrogens is 262 g/mol. The first kappa shape index (κ1) is 15.4. The van der Waals surface area contributed by atoms with E-state index < -0.39 is 0 Å². The van der Waals surface area contributed by atoms with E-state index in [1.54, 1.807) is 12.3 Å². The first-order chi connectivity index (χ1) is 9.87. The lowest BCUT2D eigenvalue weighted by atomic mass is 9.88. The predicted octanol–water partition coefficient (Wildman–Crippen LogP) is 2.73. The lowest BCUT2D eigenvalue weighted by Crippen LogP contribution is -2.39. The Morgan fingerprint density at radius 2 is 2.00 bits per heavy atom. The summed E-state index contributed by atoms with van der Waals surface area (Å²) in [7, 11) is 0. The van der Waals surface area contributed by atoms with Crippen LogP contribution >= 0.6 is 0 Å². The van der Waals surface area contributed by atoms with E-state index in [-0.39, 0.29) is 17.4 Å². The fourth-order valence-corrected chi connectivity index (χ4v) is 2.47. The molecule has 3 N–H and O–H groups in total. The maximum Gasteiger partial charge on any atom is 0.252 e. The average molecular weight is 285 g/mol. The van der Waals surface area contributed by atoms with Gasteiger partial charge >= 0.3 is 0 Å². The molecule has 1 atom stereocenters. The summed E-state index contributed by atoms with van der Waals surface area (Å²) < 4.78 is 0. The number of para-hydroxylation sites is 1. The lowest BCUT2D eigenvalue weighted by molar-refractivity contribution is 0.0950. The van der Waals surface area contributed by atoms with Gasteiger partial charge in [0, 0.05) is 24.2 Å². The van der Waals surface area contributed by atoms with E-state index in [9.17, 15) is 4.79 Å². The van der Waals surface area contributed by atoms with Gasteiger partial charge < -0.3 is 11.1 Å². The van der Waals surface area contributed by atoms with Gasteiger partial charge in [-0.1, -0.05) is 39.0 Å². The Morgan fingerprint density at radius 1 is 1.29 bits per heavy atom. The molecule has 2 rings (SSSR count). The first-order valence-corrected chi connectivity index (χ1v) is 7.24. The van der Waals surface area contributed by atoms with E-state index in [4.69, 9.17) is 5.73 Å². The van der Waals surface area contributed by atoms with Crippen molar-refractivity contribution >= 4 is 16.8 Å². The summed E-state index contributed by atoms with van der Waals surface area (Å²) in [5.41, 5.74) is 7.70. The molecule has 1 unspecified atom stereocenters. The fraction of sp³-hybridized carbons (Fsp3) is 0.412. The summed E-state index contributed by atoms with van der Waals surface area (Å²) in [5, 5.41) is 3.78. The highest BCUT2D eigenvalue weighted by Crippen LogP contribution is 2.20. The molecular formula is C17H23N3O. The van der Waals surface area contributed by atoms with E-state index in [2.05, 4.69) is 31.1 Å². The first-order valence-electron chi connectivity index (χ1n) is 7.24. The largest absolute Gasteiger partial charge is 0.350 e. The smallest absolute Gasteiger partial charge is 0.252 e. The van der Waals surface area contributed by atoms with Crippen LogP contribution in [0.1, 0.15) is 37.6 Å². The number of fused-ring (bicyclic) bond motifs is 1. The van der Waals surface area contributed by atoms with E-state index >= 15 is 0 Å². The van der Waals surface area contributed by atoms with E-state index in [1.165, 1.54) is 0 Å². The number of rotatable bonds is 4. The van der Waals surface area contributed by atoms with E-state index in [0.29, 0.717) is 12.1 Å². The number of carbonyl (C=O) groups excluding carboxylic acids is 1. The van der Waals surface area contributed by atoms with Gasteiger partial charge in [-0.2, -0.15) is 0 Å². The highest BCUT2D eigenvalue weighted by atomic mass is 16.1. The lowest BCUT2D eigenvalue weighted by Gasteiger charge is -2.23. The number of aromatic nitrogens is 1. The van der Waals surface area contributed by atoms with Crippen molar-refractivity contribution in [3.63, 3.8) is 0 Å². The molecule has 4 heteroatoms. The second-order valence-corrected chi connectivity index (χ2v) is 6.61. The van der Waals surface area contributed by atoms with Gasteiger partial charge in [0.2, 0.25) is 0 Å². The van der Waals surface area contributed by atoms with Gasteiger partial charge in [0.05, 0.1) is 11.1 Å². The monoisotopic (exact) mass is 285 g/mol. The number of hydrogen-bond acceptors (Lipinski definition) is 3. The summed E-state index contributed by atoms with van der Waals surface area (Å²) in [6.07, 6.45) is 2.52. The second kappa shape index (κ2) is 6.22. The van der Waals surface area contributed by atoms with Crippen molar-refractivity contribution in [2.45, 2.75) is 33.2 Å². The van der Waals surface area contributed by atoms with Crippen LogP contribution < -0.4 is 11.1 Å². The van der Waals surface area contributed by atoms with Gasteiger partial charge in [-0.05, 0) is 24.0 Å². The van der Waals surface area contributed by atoms with Gasteiger partial charge in [0.25, 0.3) is 5.91 Å². The molecule has 1 heterocycles. The summed E-state index contributed by atoms with van der Waals surface area (Å²) in [6.45, 7) is 6.91. The van der Waals surface area contributed by atoms with Gasteiger partial charge in [-0.25, -0.2) is 0 Å². The molecule has 0 fully saturated rings.